The van der Waals surface area contributed by atoms with Crippen molar-refractivity contribution in [1.29, 1.82) is 0 Å². The molecule has 2 aliphatic rings. The molecule has 14 nitrogen and oxygen atoms in total. The molecule has 0 spiro atoms. The van der Waals surface area contributed by atoms with Crippen molar-refractivity contribution in [2.75, 3.05) is 132 Å². The molecular weight excluding hydrogens is 821 g/mol. The van der Waals surface area contributed by atoms with Crippen LogP contribution in [0.25, 0.3) is 22.3 Å². The summed E-state index contributed by atoms with van der Waals surface area (Å²) < 4.78 is 55.6. The maximum atomic E-state index is 12.3. The number of fused-ring (bicyclic) bond motifs is 6. The Balaban J connectivity index is 0.609. The molecule has 0 saturated carbocycles. The zero-order chi connectivity index (χ0) is 44.3. The van der Waals surface area contributed by atoms with Gasteiger partial charge in [0.25, 0.3) is 0 Å². The Bertz CT molecular complexity index is 1730. The molecule has 0 heterocycles. The van der Waals surface area contributed by atoms with Crippen molar-refractivity contribution in [2.45, 2.75) is 24.7 Å². The second-order valence-corrected chi connectivity index (χ2v) is 15.1. The third-order valence-electron chi connectivity index (χ3n) is 10.8. The summed E-state index contributed by atoms with van der Waals surface area (Å²) in [6.45, 7) is 9.23. The predicted molar refractivity (Wildman–Crippen MR) is 242 cm³/mol. The summed E-state index contributed by atoms with van der Waals surface area (Å²) in [7, 11) is 0. The topological polar surface area (TPSA) is 150 Å². The van der Waals surface area contributed by atoms with Gasteiger partial charge in [0.05, 0.1) is 92.5 Å². The molecule has 0 aromatic heterocycles. The number of hydrogen-bond acceptors (Lipinski definition) is 12. The molecule has 4 aromatic rings. The monoisotopic (exact) mass is 884 g/mol. The number of nitrogens with one attached hydrogen (secondary N) is 2. The fourth-order valence-corrected chi connectivity index (χ4v) is 7.67. The molecule has 0 radical (unpaired) electrons. The van der Waals surface area contributed by atoms with Crippen molar-refractivity contribution in [3.8, 4) is 22.3 Å². The van der Waals surface area contributed by atoms with Crippen LogP contribution in [0.4, 0.5) is 9.59 Å². The molecule has 0 atom stereocenters. The van der Waals surface area contributed by atoms with Crippen LogP contribution in [0.2, 0.25) is 0 Å². The summed E-state index contributed by atoms with van der Waals surface area (Å²) in [6.07, 6.45) is 0.521. The van der Waals surface area contributed by atoms with Crippen LogP contribution in [0, 0.1) is 0 Å². The van der Waals surface area contributed by atoms with Crippen LogP contribution >= 0.6 is 0 Å². The van der Waals surface area contributed by atoms with E-state index in [0.717, 1.165) is 0 Å². The average molecular weight is 885 g/mol. The lowest BCUT2D eigenvalue weighted by molar-refractivity contribution is -0.0231. The second-order valence-electron chi connectivity index (χ2n) is 15.1. The molecule has 2 aliphatic carbocycles. The van der Waals surface area contributed by atoms with Gasteiger partial charge in [-0.25, -0.2) is 9.59 Å². The minimum atomic E-state index is -0.419. The maximum Gasteiger partial charge on any atom is 0.407 e. The number of carbonyl (C=O) groups is 2. The van der Waals surface area contributed by atoms with E-state index in [1.807, 2.05) is 48.5 Å². The van der Waals surface area contributed by atoms with Crippen molar-refractivity contribution in [2.24, 2.45) is 0 Å². The van der Waals surface area contributed by atoms with Gasteiger partial charge < -0.3 is 58.0 Å². The fourth-order valence-electron chi connectivity index (χ4n) is 7.67. The largest absolute Gasteiger partial charge is 0.449 e. The number of rotatable bonds is 33. The van der Waals surface area contributed by atoms with Gasteiger partial charge in [0.15, 0.2) is 0 Å². The summed E-state index contributed by atoms with van der Waals surface area (Å²) in [5, 5.41) is 5.62. The molecule has 4 aromatic carbocycles. The highest BCUT2D eigenvalue weighted by Gasteiger charge is 2.30. The number of carbonyl (C=O) groups excluding carboxylic acids is 2. The van der Waals surface area contributed by atoms with Gasteiger partial charge in [-0.15, -0.1) is 0 Å². The van der Waals surface area contributed by atoms with Crippen LogP contribution in [0.3, 0.4) is 0 Å². The smallest absolute Gasteiger partial charge is 0.407 e. The maximum absolute atomic E-state index is 12.3. The van der Waals surface area contributed by atoms with Gasteiger partial charge in [0, 0.05) is 38.1 Å². The number of amides is 2. The Morgan fingerprint density at radius 2 is 0.578 bits per heavy atom. The van der Waals surface area contributed by atoms with Gasteiger partial charge in [-0.1, -0.05) is 97.1 Å². The minimum Gasteiger partial charge on any atom is -0.449 e. The number of ether oxygens (including phenoxy) is 10. The summed E-state index contributed by atoms with van der Waals surface area (Å²) >= 11 is 0. The Morgan fingerprint density at radius 1 is 0.344 bits per heavy atom. The van der Waals surface area contributed by atoms with Crippen LogP contribution in [0.5, 0.6) is 0 Å². The van der Waals surface area contributed by atoms with E-state index in [1.54, 1.807) is 0 Å². The highest BCUT2D eigenvalue weighted by atomic mass is 16.6. The molecule has 2 amide bonds. The van der Waals surface area contributed by atoms with Crippen molar-refractivity contribution in [1.82, 2.24) is 10.6 Å². The first-order chi connectivity index (χ1) is 31.7. The minimum absolute atomic E-state index is 0.0445. The van der Waals surface area contributed by atoms with E-state index in [4.69, 9.17) is 47.4 Å². The van der Waals surface area contributed by atoms with Crippen LogP contribution < -0.4 is 10.6 Å². The average Bonchev–Trinajstić information content (AvgIpc) is 3.82. The third kappa shape index (κ3) is 16.0. The van der Waals surface area contributed by atoms with E-state index in [1.165, 1.54) is 44.5 Å². The highest BCUT2D eigenvalue weighted by molar-refractivity contribution is 5.80. The number of hydrogen-bond donors (Lipinski definition) is 2. The van der Waals surface area contributed by atoms with Gasteiger partial charge >= 0.3 is 12.2 Å². The van der Waals surface area contributed by atoms with Crippen molar-refractivity contribution >= 4 is 12.2 Å². The Hall–Kier alpha value is -4.90. The molecular formula is C50H64N2O12. The molecule has 346 valence electrons. The zero-order valence-corrected chi connectivity index (χ0v) is 36.8. The highest BCUT2D eigenvalue weighted by Crippen LogP contribution is 2.45. The van der Waals surface area contributed by atoms with E-state index < -0.39 is 12.2 Å². The lowest BCUT2D eigenvalue weighted by Gasteiger charge is -2.14. The van der Waals surface area contributed by atoms with E-state index in [0.29, 0.717) is 145 Å². The van der Waals surface area contributed by atoms with Crippen molar-refractivity contribution in [3.63, 3.8) is 0 Å². The Morgan fingerprint density at radius 3 is 0.844 bits per heavy atom. The second kappa shape index (κ2) is 28.8. The summed E-state index contributed by atoms with van der Waals surface area (Å²) in [5.74, 6) is 0.0891. The first-order valence-electron chi connectivity index (χ1n) is 22.5. The van der Waals surface area contributed by atoms with Gasteiger partial charge in [-0.3, -0.25) is 0 Å². The molecule has 64 heavy (non-hydrogen) atoms. The Labute approximate surface area is 377 Å². The third-order valence-corrected chi connectivity index (χ3v) is 10.8. The normalized spacial score (nSPS) is 12.7. The number of benzene rings is 4. The molecule has 0 bridgehead atoms. The van der Waals surface area contributed by atoms with E-state index in [2.05, 4.69) is 59.2 Å². The van der Waals surface area contributed by atoms with Gasteiger partial charge in [0.2, 0.25) is 0 Å². The van der Waals surface area contributed by atoms with E-state index >= 15 is 0 Å². The first kappa shape index (κ1) is 48.6. The number of alkyl carbamates (subject to hydrolysis) is 2. The van der Waals surface area contributed by atoms with Gasteiger partial charge in [-0.2, -0.15) is 0 Å². The molecule has 0 fully saturated rings. The summed E-state index contributed by atoms with van der Waals surface area (Å²) in [4.78, 5) is 24.6. The molecule has 2 N–H and O–H groups in total. The van der Waals surface area contributed by atoms with Crippen LogP contribution in [0.15, 0.2) is 97.1 Å². The molecule has 0 aliphatic heterocycles. The Kier molecular flexibility index (Phi) is 21.8. The first-order valence-corrected chi connectivity index (χ1v) is 22.5. The predicted octanol–water partition coefficient (Wildman–Crippen LogP) is 6.98. The zero-order valence-electron chi connectivity index (χ0n) is 36.8. The SMILES string of the molecule is O=C(NCCCOCCOCCOCCOCCOCCOCCOCCOCCCNC(=O)OCC1c2ccccc2-c2ccccc21)OCC1c2ccccc2-c2ccccc21. The van der Waals surface area contributed by atoms with Crippen LogP contribution in [-0.4, -0.2) is 144 Å². The molecule has 6 rings (SSSR count). The van der Waals surface area contributed by atoms with E-state index in [9.17, 15) is 9.59 Å². The van der Waals surface area contributed by atoms with Crippen LogP contribution in [-0.2, 0) is 47.4 Å². The summed E-state index contributed by atoms with van der Waals surface area (Å²) in [6, 6.07) is 33.1. The van der Waals surface area contributed by atoms with Crippen molar-refractivity contribution in [3.05, 3.63) is 119 Å². The van der Waals surface area contributed by atoms with Gasteiger partial charge in [0.1, 0.15) is 13.2 Å². The quantitative estimate of drug-likeness (QED) is 0.0476. The molecule has 14 heteroatoms. The van der Waals surface area contributed by atoms with Crippen molar-refractivity contribution < 1.29 is 57.0 Å². The van der Waals surface area contributed by atoms with Crippen LogP contribution in [0.1, 0.15) is 46.9 Å². The lowest BCUT2D eigenvalue weighted by Crippen LogP contribution is -2.27. The lowest BCUT2D eigenvalue weighted by atomic mass is 9.98. The fraction of sp³-hybridized carbons (Fsp3) is 0.480. The molecule has 0 unspecified atom stereocenters. The van der Waals surface area contributed by atoms with E-state index in [-0.39, 0.29) is 11.8 Å². The van der Waals surface area contributed by atoms with Gasteiger partial charge in [-0.05, 0) is 57.3 Å². The summed E-state index contributed by atoms with van der Waals surface area (Å²) in [5.41, 5.74) is 9.59. The molecule has 0 saturated heterocycles. The standard InChI is InChI=1S/C50H64N2O12/c53-49(63-37-47-43-15-5-1-11-39(43)40-12-2-6-16-44(40)47)51-19-9-21-55-23-25-57-27-29-59-31-33-61-35-36-62-34-32-60-30-28-58-26-24-56-22-10-20-52-50(54)64-38-48-45-17-7-3-13-41(45)42-14-4-8-18-46(42)48/h1-8,11-18,47-48H,9-10,19-38H2,(H,51,53)(H,52,54).